The molecular formula is C23H29N5O8S. The molecule has 5 amide bonds. The number of nitrogens with one attached hydrogen (secondary N) is 3. The van der Waals surface area contributed by atoms with Crippen LogP contribution in [0.5, 0.6) is 0 Å². The Morgan fingerprint density at radius 1 is 1.08 bits per heavy atom. The third-order valence-corrected chi connectivity index (χ3v) is 7.67. The van der Waals surface area contributed by atoms with Gasteiger partial charge in [-0.25, -0.2) is 9.59 Å². The molecule has 0 bridgehead atoms. The van der Waals surface area contributed by atoms with Crippen LogP contribution in [0, 0.1) is 0 Å². The fourth-order valence-electron chi connectivity index (χ4n) is 4.15. The molecule has 200 valence electrons. The summed E-state index contributed by atoms with van der Waals surface area (Å²) in [4.78, 5) is 76.7. The molecule has 14 heteroatoms. The Morgan fingerprint density at radius 3 is 2.27 bits per heavy atom. The van der Waals surface area contributed by atoms with Crippen LogP contribution < -0.4 is 16.0 Å². The topological polar surface area (TPSA) is 185 Å². The van der Waals surface area contributed by atoms with Gasteiger partial charge in [-0.05, 0) is 26.3 Å². The Kier molecular flexibility index (Phi) is 8.43. The van der Waals surface area contributed by atoms with E-state index in [1.165, 1.54) is 17.0 Å². The number of thioether (sulfide) groups is 1. The van der Waals surface area contributed by atoms with Gasteiger partial charge in [0, 0.05) is 24.4 Å². The molecule has 1 aromatic carbocycles. The molecule has 37 heavy (non-hydrogen) atoms. The van der Waals surface area contributed by atoms with E-state index in [1.54, 1.807) is 39.0 Å². The number of rotatable bonds is 8. The highest BCUT2D eigenvalue weighted by Gasteiger charge is 2.50. The van der Waals surface area contributed by atoms with E-state index in [0.717, 1.165) is 11.8 Å². The Hall–Kier alpha value is -3.65. The molecule has 0 saturated carbocycles. The number of amides is 5. The van der Waals surface area contributed by atoms with Gasteiger partial charge in [0.25, 0.3) is 0 Å². The van der Waals surface area contributed by atoms with Gasteiger partial charge in [-0.1, -0.05) is 30.3 Å². The number of nitrogens with zero attached hydrogens (tertiary/aromatic N) is 2. The van der Waals surface area contributed by atoms with Gasteiger partial charge >= 0.3 is 29.8 Å². The first-order chi connectivity index (χ1) is 17.4. The van der Waals surface area contributed by atoms with Crippen molar-refractivity contribution in [1.82, 2.24) is 25.8 Å². The van der Waals surface area contributed by atoms with Gasteiger partial charge in [-0.2, -0.15) is 0 Å². The summed E-state index contributed by atoms with van der Waals surface area (Å²) in [5, 5.41) is 25.9. The van der Waals surface area contributed by atoms with Crippen molar-refractivity contribution in [3.05, 3.63) is 35.9 Å². The van der Waals surface area contributed by atoms with Crippen LogP contribution in [0.2, 0.25) is 0 Å². The molecule has 0 aromatic heterocycles. The molecule has 4 atom stereocenters. The van der Waals surface area contributed by atoms with Crippen molar-refractivity contribution in [3.8, 4) is 0 Å². The maximum atomic E-state index is 13.3. The van der Waals surface area contributed by atoms with Crippen molar-refractivity contribution in [3.63, 3.8) is 0 Å². The van der Waals surface area contributed by atoms with E-state index in [1.807, 2.05) is 0 Å². The van der Waals surface area contributed by atoms with Crippen LogP contribution in [0.25, 0.3) is 0 Å². The third kappa shape index (κ3) is 6.02. The maximum Gasteiger partial charge on any atom is 0.328 e. The minimum Gasteiger partial charge on any atom is -0.480 e. The van der Waals surface area contributed by atoms with Gasteiger partial charge in [0.15, 0.2) is 6.04 Å². The van der Waals surface area contributed by atoms with Crippen LogP contribution in [-0.2, 0) is 24.0 Å². The number of imide groups is 1. The summed E-state index contributed by atoms with van der Waals surface area (Å²) in [6.45, 7) is 5.37. The lowest BCUT2D eigenvalue weighted by molar-refractivity contribution is -0.153. The molecule has 2 fully saturated rings. The standard InChI is InChI=1S/C23H29N5O8S/c1-4-27-10-11-28(19(31)18(27)30)22(36)25-13(12-8-6-5-7-9-12)16(29)24-14(20(32)33)17-26-15(21(34)35)23(2,3)37-17/h5-9,13-15,17,26H,4,10-11H2,1-3H3,(H,24,29)(H,25,36)(H,32,33)(H,34,35)/t13?,14-,15-,17?/m0/s1. The Bertz CT molecular complexity index is 1100. The van der Waals surface area contributed by atoms with E-state index in [-0.39, 0.29) is 13.1 Å². The highest BCUT2D eigenvalue weighted by atomic mass is 32.2. The zero-order chi connectivity index (χ0) is 27.5. The molecule has 2 unspecified atom stereocenters. The Labute approximate surface area is 216 Å². The van der Waals surface area contributed by atoms with E-state index in [2.05, 4.69) is 16.0 Å². The minimum absolute atomic E-state index is 0.0700. The largest absolute Gasteiger partial charge is 0.480 e. The highest BCUT2D eigenvalue weighted by Crippen LogP contribution is 2.39. The lowest BCUT2D eigenvalue weighted by Crippen LogP contribution is -2.60. The molecule has 5 N–H and O–H groups in total. The van der Waals surface area contributed by atoms with Gasteiger partial charge in [0.2, 0.25) is 5.91 Å². The molecule has 13 nitrogen and oxygen atoms in total. The SMILES string of the molecule is CCN1CCN(C(=O)NC(C(=O)N[C@H](C(=O)O)C2N[C@@H](C(=O)O)C(C)(C)S2)c2ccccc2)C(=O)C1=O. The zero-order valence-corrected chi connectivity index (χ0v) is 21.3. The first-order valence-electron chi connectivity index (χ1n) is 11.5. The average Bonchev–Trinajstić information content (AvgIpc) is 3.17. The second-order valence-corrected chi connectivity index (χ2v) is 10.8. The van der Waals surface area contributed by atoms with E-state index >= 15 is 0 Å². The Morgan fingerprint density at radius 2 is 1.73 bits per heavy atom. The number of benzene rings is 1. The molecule has 1 aromatic rings. The van der Waals surface area contributed by atoms with Crippen LogP contribution >= 0.6 is 11.8 Å². The van der Waals surface area contributed by atoms with Crippen LogP contribution in [0.15, 0.2) is 30.3 Å². The van der Waals surface area contributed by atoms with E-state index in [9.17, 15) is 39.0 Å². The van der Waals surface area contributed by atoms with E-state index < -0.39 is 63.9 Å². The monoisotopic (exact) mass is 535 g/mol. The molecule has 0 radical (unpaired) electrons. The van der Waals surface area contributed by atoms with Crippen LogP contribution in [0.4, 0.5) is 4.79 Å². The van der Waals surface area contributed by atoms with Gasteiger partial charge in [-0.15, -0.1) is 11.8 Å². The summed E-state index contributed by atoms with van der Waals surface area (Å²) in [7, 11) is 0. The van der Waals surface area contributed by atoms with E-state index in [0.29, 0.717) is 17.0 Å². The van der Waals surface area contributed by atoms with Crippen molar-refractivity contribution in [2.45, 2.75) is 49.0 Å². The van der Waals surface area contributed by atoms with Gasteiger partial charge in [0.05, 0.1) is 5.37 Å². The number of urea groups is 1. The predicted molar refractivity (Wildman–Crippen MR) is 131 cm³/mol. The zero-order valence-electron chi connectivity index (χ0n) is 20.5. The molecule has 0 aliphatic carbocycles. The molecule has 2 heterocycles. The summed E-state index contributed by atoms with van der Waals surface area (Å²) >= 11 is 1.06. The smallest absolute Gasteiger partial charge is 0.328 e. The molecule has 0 spiro atoms. The number of aliphatic carboxylic acids is 2. The molecule has 2 aliphatic heterocycles. The molecule has 2 aliphatic rings. The molecule has 3 rings (SSSR count). The normalized spacial score (nSPS) is 22.8. The van der Waals surface area contributed by atoms with Gasteiger partial charge < -0.3 is 25.7 Å². The minimum atomic E-state index is -1.54. The van der Waals surface area contributed by atoms with Crippen LogP contribution in [0.3, 0.4) is 0 Å². The summed E-state index contributed by atoms with van der Waals surface area (Å²) < 4.78 is -0.866. The van der Waals surface area contributed by atoms with Crippen LogP contribution in [0.1, 0.15) is 32.4 Å². The number of carbonyl (C=O) groups excluding carboxylic acids is 4. The second-order valence-electron chi connectivity index (χ2n) is 9.04. The number of piperazine rings is 1. The van der Waals surface area contributed by atoms with Crippen molar-refractivity contribution < 1.29 is 39.0 Å². The third-order valence-electron chi connectivity index (χ3n) is 6.17. The summed E-state index contributed by atoms with van der Waals surface area (Å²) in [6, 6.07) is 2.99. The lowest BCUT2D eigenvalue weighted by atomic mass is 10.0. The number of hydrogen-bond donors (Lipinski definition) is 5. The average molecular weight is 536 g/mol. The highest BCUT2D eigenvalue weighted by molar-refractivity contribution is 8.01. The van der Waals surface area contributed by atoms with Crippen molar-refractivity contribution in [2.24, 2.45) is 0 Å². The fraction of sp³-hybridized carbons (Fsp3) is 0.478. The Balaban J connectivity index is 1.82. The van der Waals surface area contributed by atoms with Crippen molar-refractivity contribution in [2.75, 3.05) is 19.6 Å². The second kappa shape index (κ2) is 11.2. The summed E-state index contributed by atoms with van der Waals surface area (Å²) in [5.41, 5.74) is 0.305. The molecular weight excluding hydrogens is 506 g/mol. The van der Waals surface area contributed by atoms with Crippen LogP contribution in [-0.4, -0.2) is 97.5 Å². The quantitative estimate of drug-likeness (QED) is 0.274. The number of carbonyl (C=O) groups is 6. The van der Waals surface area contributed by atoms with Crippen molar-refractivity contribution in [1.29, 1.82) is 0 Å². The predicted octanol–water partition coefficient (Wildman–Crippen LogP) is -0.408. The first-order valence-corrected chi connectivity index (χ1v) is 12.4. The summed E-state index contributed by atoms with van der Waals surface area (Å²) in [5.74, 6) is -5.33. The fourth-order valence-corrected chi connectivity index (χ4v) is 5.63. The number of carboxylic acid groups (broad SMARTS) is 2. The summed E-state index contributed by atoms with van der Waals surface area (Å²) in [6.07, 6.45) is 0. The maximum absolute atomic E-state index is 13.3. The molecule has 2 saturated heterocycles. The number of hydrogen-bond acceptors (Lipinski definition) is 8. The number of carboxylic acids is 2. The van der Waals surface area contributed by atoms with Crippen molar-refractivity contribution >= 4 is 47.5 Å². The number of likely N-dealkylation sites (N-methyl/N-ethyl adjacent to an activating group) is 1. The van der Waals surface area contributed by atoms with E-state index in [4.69, 9.17) is 0 Å². The van der Waals surface area contributed by atoms with Gasteiger partial charge in [-0.3, -0.25) is 29.4 Å². The lowest BCUT2D eigenvalue weighted by Gasteiger charge is -2.33. The van der Waals surface area contributed by atoms with Gasteiger partial charge in [0.1, 0.15) is 12.1 Å². The first kappa shape index (κ1) is 27.9.